The maximum atomic E-state index is 3.40. The van der Waals surface area contributed by atoms with Gasteiger partial charge in [-0.25, -0.2) is 0 Å². The molecule has 0 saturated carbocycles. The molecule has 20 heavy (non-hydrogen) atoms. The van der Waals surface area contributed by atoms with Crippen molar-refractivity contribution in [1.29, 1.82) is 0 Å². The Morgan fingerprint density at radius 1 is 1.30 bits per heavy atom. The number of aromatic amines is 1. The molecule has 0 amide bonds. The number of fused-ring (bicyclic) bond motifs is 1. The normalized spacial score (nSPS) is 20.6. The summed E-state index contributed by atoms with van der Waals surface area (Å²) in [4.78, 5) is 6.07. The second-order valence-corrected chi connectivity index (χ2v) is 5.87. The van der Waals surface area contributed by atoms with Gasteiger partial charge in [-0.2, -0.15) is 0 Å². The van der Waals surface area contributed by atoms with Crippen molar-refractivity contribution in [1.82, 2.24) is 15.2 Å². The highest BCUT2D eigenvalue weighted by Gasteiger charge is 2.22. The topological polar surface area (TPSA) is 31.1 Å². The zero-order valence-corrected chi connectivity index (χ0v) is 12.4. The van der Waals surface area contributed by atoms with Crippen LogP contribution in [-0.4, -0.2) is 36.1 Å². The van der Waals surface area contributed by atoms with Crippen molar-refractivity contribution in [2.75, 3.05) is 20.1 Å². The summed E-state index contributed by atoms with van der Waals surface area (Å²) < 4.78 is 0. The van der Waals surface area contributed by atoms with Gasteiger partial charge in [-0.15, -0.1) is 0 Å². The first-order chi connectivity index (χ1) is 9.88. The summed E-state index contributed by atoms with van der Waals surface area (Å²) in [7, 11) is 2.05. The van der Waals surface area contributed by atoms with Gasteiger partial charge in [-0.1, -0.05) is 24.6 Å². The second kappa shape index (κ2) is 6.42. The van der Waals surface area contributed by atoms with Gasteiger partial charge in [0, 0.05) is 29.7 Å². The van der Waals surface area contributed by atoms with E-state index >= 15 is 0 Å². The Labute approximate surface area is 121 Å². The highest BCUT2D eigenvalue weighted by Crippen LogP contribution is 2.25. The minimum atomic E-state index is 0.741. The SMILES string of the molecule is CNCCC1CCCCN1Cc1c[nH]c2ccccc12. The van der Waals surface area contributed by atoms with Gasteiger partial charge < -0.3 is 10.3 Å². The standard InChI is InChI=1S/C17H25N3/c1-18-10-9-15-6-4-5-11-20(15)13-14-12-19-17-8-3-2-7-16(14)17/h2-3,7-8,12,15,18-19H,4-6,9-11,13H2,1H3. The lowest BCUT2D eigenvalue weighted by Crippen LogP contribution is -2.40. The molecule has 0 aliphatic carbocycles. The maximum absolute atomic E-state index is 3.40. The highest BCUT2D eigenvalue weighted by atomic mass is 15.2. The molecule has 3 nitrogen and oxygen atoms in total. The Morgan fingerprint density at radius 2 is 2.20 bits per heavy atom. The van der Waals surface area contributed by atoms with E-state index < -0.39 is 0 Å². The van der Waals surface area contributed by atoms with E-state index in [1.54, 1.807) is 0 Å². The molecule has 0 spiro atoms. The molecule has 0 bridgehead atoms. The van der Waals surface area contributed by atoms with Gasteiger partial charge >= 0.3 is 0 Å². The summed E-state index contributed by atoms with van der Waals surface area (Å²) in [6.07, 6.45) is 7.54. The third kappa shape index (κ3) is 2.89. The van der Waals surface area contributed by atoms with Crippen LogP contribution in [0.4, 0.5) is 0 Å². The van der Waals surface area contributed by atoms with Crippen molar-refractivity contribution in [3.8, 4) is 0 Å². The smallest absolute Gasteiger partial charge is 0.0457 e. The second-order valence-electron chi connectivity index (χ2n) is 5.87. The summed E-state index contributed by atoms with van der Waals surface area (Å²) in [5.41, 5.74) is 2.70. The number of benzene rings is 1. The van der Waals surface area contributed by atoms with Crippen LogP contribution in [0.2, 0.25) is 0 Å². The quantitative estimate of drug-likeness (QED) is 0.875. The molecule has 1 atom stereocenters. The van der Waals surface area contributed by atoms with Gasteiger partial charge in [-0.05, 0) is 51.0 Å². The fourth-order valence-electron chi connectivity index (χ4n) is 3.39. The molecule has 1 fully saturated rings. The average Bonchev–Trinajstić information content (AvgIpc) is 2.90. The van der Waals surface area contributed by atoms with Crippen molar-refractivity contribution in [3.05, 3.63) is 36.0 Å². The summed E-state index contributed by atoms with van der Waals surface area (Å²) in [6, 6.07) is 9.36. The number of hydrogen-bond donors (Lipinski definition) is 2. The van der Waals surface area contributed by atoms with Crippen LogP contribution in [-0.2, 0) is 6.54 Å². The van der Waals surface area contributed by atoms with Crippen LogP contribution in [0.5, 0.6) is 0 Å². The predicted molar refractivity (Wildman–Crippen MR) is 84.9 cm³/mol. The summed E-state index contributed by atoms with van der Waals surface area (Å²) >= 11 is 0. The molecule has 2 heterocycles. The van der Waals surface area contributed by atoms with Crippen LogP contribution in [0.15, 0.2) is 30.5 Å². The van der Waals surface area contributed by atoms with Crippen LogP contribution in [0.1, 0.15) is 31.2 Å². The van der Waals surface area contributed by atoms with E-state index in [0.29, 0.717) is 0 Å². The largest absolute Gasteiger partial charge is 0.361 e. The number of likely N-dealkylation sites (tertiary alicyclic amines) is 1. The molecule has 2 N–H and O–H groups in total. The minimum Gasteiger partial charge on any atom is -0.361 e. The van der Waals surface area contributed by atoms with Gasteiger partial charge in [0.25, 0.3) is 0 Å². The van der Waals surface area contributed by atoms with Crippen molar-refractivity contribution in [2.45, 2.75) is 38.3 Å². The molecule has 1 aliphatic rings. The Kier molecular flexibility index (Phi) is 4.38. The first kappa shape index (κ1) is 13.7. The van der Waals surface area contributed by atoms with E-state index in [9.17, 15) is 0 Å². The van der Waals surface area contributed by atoms with E-state index in [4.69, 9.17) is 0 Å². The first-order valence-electron chi connectivity index (χ1n) is 7.82. The van der Waals surface area contributed by atoms with E-state index in [2.05, 4.69) is 45.7 Å². The third-order valence-electron chi connectivity index (χ3n) is 4.52. The van der Waals surface area contributed by atoms with Crippen LogP contribution < -0.4 is 5.32 Å². The number of nitrogens with one attached hydrogen (secondary N) is 2. The van der Waals surface area contributed by atoms with Crippen LogP contribution in [0.25, 0.3) is 10.9 Å². The van der Waals surface area contributed by atoms with Gasteiger partial charge in [0.15, 0.2) is 0 Å². The lowest BCUT2D eigenvalue weighted by atomic mass is 9.98. The van der Waals surface area contributed by atoms with Gasteiger partial charge in [-0.3, -0.25) is 4.90 Å². The van der Waals surface area contributed by atoms with E-state index in [1.165, 1.54) is 48.7 Å². The third-order valence-corrected chi connectivity index (χ3v) is 4.52. The number of piperidine rings is 1. The van der Waals surface area contributed by atoms with Crippen molar-refractivity contribution in [2.24, 2.45) is 0 Å². The number of rotatable bonds is 5. The minimum absolute atomic E-state index is 0.741. The summed E-state index contributed by atoms with van der Waals surface area (Å²) in [5.74, 6) is 0. The number of nitrogens with zero attached hydrogens (tertiary/aromatic N) is 1. The Morgan fingerprint density at radius 3 is 3.10 bits per heavy atom. The molecule has 3 heteroatoms. The molecule has 3 rings (SSSR count). The monoisotopic (exact) mass is 271 g/mol. The van der Waals surface area contributed by atoms with Gasteiger partial charge in [0.05, 0.1) is 0 Å². The fourth-order valence-corrected chi connectivity index (χ4v) is 3.39. The molecular formula is C17H25N3. The van der Waals surface area contributed by atoms with Crippen LogP contribution in [0.3, 0.4) is 0 Å². The average molecular weight is 271 g/mol. The lowest BCUT2D eigenvalue weighted by molar-refractivity contribution is 0.133. The van der Waals surface area contributed by atoms with E-state index in [-0.39, 0.29) is 0 Å². The molecule has 1 aromatic heterocycles. The zero-order chi connectivity index (χ0) is 13.8. The van der Waals surface area contributed by atoms with Crippen molar-refractivity contribution >= 4 is 10.9 Å². The van der Waals surface area contributed by atoms with Crippen molar-refractivity contribution < 1.29 is 0 Å². The predicted octanol–water partition coefficient (Wildman–Crippen LogP) is 3.13. The Balaban J connectivity index is 1.74. The number of H-pyrrole nitrogens is 1. The molecule has 108 valence electrons. The summed E-state index contributed by atoms with van der Waals surface area (Å²) in [6.45, 7) is 3.45. The summed E-state index contributed by atoms with van der Waals surface area (Å²) in [5, 5.41) is 4.67. The molecule has 1 saturated heterocycles. The molecule has 1 aromatic carbocycles. The van der Waals surface area contributed by atoms with E-state index in [1.807, 2.05) is 7.05 Å². The first-order valence-corrected chi connectivity index (χ1v) is 7.82. The Hall–Kier alpha value is -1.32. The Bertz CT molecular complexity index is 546. The number of aromatic nitrogens is 1. The highest BCUT2D eigenvalue weighted by molar-refractivity contribution is 5.82. The molecular weight excluding hydrogens is 246 g/mol. The fraction of sp³-hybridized carbons (Fsp3) is 0.529. The molecule has 2 aromatic rings. The van der Waals surface area contributed by atoms with Gasteiger partial charge in [0.1, 0.15) is 0 Å². The number of hydrogen-bond acceptors (Lipinski definition) is 2. The van der Waals surface area contributed by atoms with Gasteiger partial charge in [0.2, 0.25) is 0 Å². The van der Waals surface area contributed by atoms with Crippen molar-refractivity contribution in [3.63, 3.8) is 0 Å². The number of para-hydroxylation sites is 1. The molecule has 0 radical (unpaired) electrons. The maximum Gasteiger partial charge on any atom is 0.0457 e. The zero-order valence-electron chi connectivity index (χ0n) is 12.4. The molecule has 1 unspecified atom stereocenters. The van der Waals surface area contributed by atoms with Crippen LogP contribution in [0, 0.1) is 0 Å². The lowest BCUT2D eigenvalue weighted by Gasteiger charge is -2.35. The van der Waals surface area contributed by atoms with Crippen LogP contribution >= 0.6 is 0 Å². The molecule has 1 aliphatic heterocycles. The van der Waals surface area contributed by atoms with E-state index in [0.717, 1.165) is 19.1 Å².